The maximum Gasteiger partial charge on any atom is 0.236 e. The molecule has 0 spiro atoms. The van der Waals surface area contributed by atoms with Gasteiger partial charge < -0.3 is 10.2 Å². The molecule has 15 heavy (non-hydrogen) atoms. The highest BCUT2D eigenvalue weighted by atomic mass is 16.2. The monoisotopic (exact) mass is 210 g/mol. The lowest BCUT2D eigenvalue weighted by Gasteiger charge is -2.26. The van der Waals surface area contributed by atoms with Crippen molar-refractivity contribution in [3.8, 4) is 0 Å². The number of hydrogen-bond acceptors (Lipinski definition) is 2. The van der Waals surface area contributed by atoms with E-state index in [-0.39, 0.29) is 5.54 Å². The first-order chi connectivity index (χ1) is 7.20. The van der Waals surface area contributed by atoms with Crippen LogP contribution in [0.1, 0.15) is 45.4 Å². The van der Waals surface area contributed by atoms with E-state index in [4.69, 9.17) is 0 Å². The summed E-state index contributed by atoms with van der Waals surface area (Å²) in [4.78, 5) is 13.8. The van der Waals surface area contributed by atoms with E-state index in [1.54, 1.807) is 0 Å². The van der Waals surface area contributed by atoms with E-state index >= 15 is 0 Å². The second-order valence-corrected chi connectivity index (χ2v) is 5.21. The summed E-state index contributed by atoms with van der Waals surface area (Å²) in [6, 6.07) is 0. The van der Waals surface area contributed by atoms with E-state index < -0.39 is 0 Å². The topological polar surface area (TPSA) is 32.3 Å². The molecule has 1 saturated heterocycles. The molecule has 2 fully saturated rings. The molecule has 1 saturated carbocycles. The molecule has 0 aromatic carbocycles. The van der Waals surface area contributed by atoms with Gasteiger partial charge in [0.2, 0.25) is 5.91 Å². The third-order valence-corrected chi connectivity index (χ3v) is 3.83. The minimum atomic E-state index is 0.232. The second kappa shape index (κ2) is 4.52. The van der Waals surface area contributed by atoms with E-state index in [0.717, 1.165) is 13.1 Å². The van der Waals surface area contributed by atoms with Crippen molar-refractivity contribution in [2.24, 2.45) is 0 Å². The van der Waals surface area contributed by atoms with E-state index in [2.05, 4.69) is 12.2 Å². The number of carbonyl (C=O) groups is 1. The Bertz CT molecular complexity index is 228. The summed E-state index contributed by atoms with van der Waals surface area (Å²) in [5.41, 5.74) is 0.232. The van der Waals surface area contributed by atoms with Crippen molar-refractivity contribution in [3.05, 3.63) is 0 Å². The Kier molecular flexibility index (Phi) is 3.29. The third kappa shape index (κ3) is 2.71. The highest BCUT2D eigenvalue weighted by Gasteiger charge is 2.29. The molecule has 0 aromatic heterocycles. The Labute approximate surface area is 92.2 Å². The SMILES string of the molecule is CC1(NCC(=O)N2CCCC2)CCCC1. The molecular weight excluding hydrogens is 188 g/mol. The van der Waals surface area contributed by atoms with Crippen molar-refractivity contribution in [1.29, 1.82) is 0 Å². The number of hydrogen-bond donors (Lipinski definition) is 1. The number of nitrogens with zero attached hydrogens (tertiary/aromatic N) is 1. The maximum atomic E-state index is 11.8. The van der Waals surface area contributed by atoms with E-state index in [0.29, 0.717) is 12.5 Å². The fourth-order valence-corrected chi connectivity index (χ4v) is 2.70. The zero-order valence-corrected chi connectivity index (χ0v) is 9.72. The lowest BCUT2D eigenvalue weighted by molar-refractivity contribution is -0.129. The smallest absolute Gasteiger partial charge is 0.236 e. The molecule has 2 rings (SSSR count). The van der Waals surface area contributed by atoms with Crippen LogP contribution in [0, 0.1) is 0 Å². The fourth-order valence-electron chi connectivity index (χ4n) is 2.70. The van der Waals surface area contributed by atoms with Gasteiger partial charge in [-0.05, 0) is 32.6 Å². The van der Waals surface area contributed by atoms with Crippen LogP contribution in [-0.2, 0) is 4.79 Å². The molecule has 0 radical (unpaired) electrons. The second-order valence-electron chi connectivity index (χ2n) is 5.21. The summed E-state index contributed by atoms with van der Waals surface area (Å²) in [7, 11) is 0. The molecule has 0 atom stereocenters. The molecule has 1 aliphatic carbocycles. The van der Waals surface area contributed by atoms with Crippen LogP contribution in [0.3, 0.4) is 0 Å². The zero-order chi connectivity index (χ0) is 10.7. The molecule has 0 bridgehead atoms. The van der Waals surface area contributed by atoms with E-state index in [9.17, 15) is 4.79 Å². The first kappa shape index (κ1) is 10.9. The van der Waals surface area contributed by atoms with Crippen LogP contribution < -0.4 is 5.32 Å². The van der Waals surface area contributed by atoms with Gasteiger partial charge in [-0.25, -0.2) is 0 Å². The highest BCUT2D eigenvalue weighted by Crippen LogP contribution is 2.28. The van der Waals surface area contributed by atoms with E-state index in [1.165, 1.54) is 38.5 Å². The molecule has 0 aromatic rings. The Balaban J connectivity index is 1.74. The van der Waals surface area contributed by atoms with Crippen molar-refractivity contribution in [2.75, 3.05) is 19.6 Å². The average molecular weight is 210 g/mol. The molecule has 3 heteroatoms. The molecule has 2 aliphatic rings. The van der Waals surface area contributed by atoms with Gasteiger partial charge in [0.25, 0.3) is 0 Å². The van der Waals surface area contributed by atoms with Gasteiger partial charge in [-0.2, -0.15) is 0 Å². The van der Waals surface area contributed by atoms with Crippen LogP contribution in [0.2, 0.25) is 0 Å². The Morgan fingerprint density at radius 1 is 1.20 bits per heavy atom. The summed E-state index contributed by atoms with van der Waals surface area (Å²) >= 11 is 0. The van der Waals surface area contributed by atoms with Crippen molar-refractivity contribution < 1.29 is 4.79 Å². The number of nitrogens with one attached hydrogen (secondary N) is 1. The Morgan fingerprint density at radius 2 is 1.80 bits per heavy atom. The fraction of sp³-hybridized carbons (Fsp3) is 0.917. The highest BCUT2D eigenvalue weighted by molar-refractivity contribution is 5.78. The van der Waals surface area contributed by atoms with Crippen molar-refractivity contribution in [2.45, 2.75) is 51.0 Å². The molecule has 1 N–H and O–H groups in total. The van der Waals surface area contributed by atoms with Crippen LogP contribution in [0.5, 0.6) is 0 Å². The minimum absolute atomic E-state index is 0.232. The minimum Gasteiger partial charge on any atom is -0.342 e. The predicted molar refractivity (Wildman–Crippen MR) is 60.7 cm³/mol. The quantitative estimate of drug-likeness (QED) is 0.766. The van der Waals surface area contributed by atoms with Crippen LogP contribution >= 0.6 is 0 Å². The maximum absolute atomic E-state index is 11.8. The van der Waals surface area contributed by atoms with Crippen molar-refractivity contribution in [3.63, 3.8) is 0 Å². The summed E-state index contributed by atoms with van der Waals surface area (Å²) in [5, 5.41) is 3.44. The summed E-state index contributed by atoms with van der Waals surface area (Å²) in [6.07, 6.45) is 7.43. The van der Waals surface area contributed by atoms with Crippen LogP contribution in [0.4, 0.5) is 0 Å². The first-order valence-corrected chi connectivity index (χ1v) is 6.22. The van der Waals surface area contributed by atoms with Crippen LogP contribution in [0.25, 0.3) is 0 Å². The van der Waals surface area contributed by atoms with Crippen molar-refractivity contribution in [1.82, 2.24) is 10.2 Å². The summed E-state index contributed by atoms with van der Waals surface area (Å²) < 4.78 is 0. The van der Waals surface area contributed by atoms with Gasteiger partial charge in [0.1, 0.15) is 0 Å². The van der Waals surface area contributed by atoms with Gasteiger partial charge >= 0.3 is 0 Å². The van der Waals surface area contributed by atoms with Crippen LogP contribution in [-0.4, -0.2) is 36.0 Å². The number of amides is 1. The third-order valence-electron chi connectivity index (χ3n) is 3.83. The molecule has 1 amide bonds. The largest absolute Gasteiger partial charge is 0.342 e. The molecule has 0 unspecified atom stereocenters. The summed E-state index contributed by atoms with van der Waals surface area (Å²) in [5.74, 6) is 0.292. The van der Waals surface area contributed by atoms with Gasteiger partial charge in [-0.15, -0.1) is 0 Å². The van der Waals surface area contributed by atoms with Gasteiger partial charge in [0.05, 0.1) is 6.54 Å². The Morgan fingerprint density at radius 3 is 2.40 bits per heavy atom. The van der Waals surface area contributed by atoms with Gasteiger partial charge in [-0.3, -0.25) is 4.79 Å². The lowest BCUT2D eigenvalue weighted by Crippen LogP contribution is -2.46. The zero-order valence-electron chi connectivity index (χ0n) is 9.72. The standard InChI is InChI=1S/C12H22N2O/c1-12(6-2-3-7-12)13-10-11(15)14-8-4-5-9-14/h13H,2-10H2,1H3. The van der Waals surface area contributed by atoms with Gasteiger partial charge in [0.15, 0.2) is 0 Å². The lowest BCUT2D eigenvalue weighted by atomic mass is 10.0. The first-order valence-electron chi connectivity index (χ1n) is 6.22. The van der Waals surface area contributed by atoms with Crippen LogP contribution in [0.15, 0.2) is 0 Å². The number of likely N-dealkylation sites (tertiary alicyclic amines) is 1. The molecule has 1 heterocycles. The number of rotatable bonds is 3. The number of carbonyl (C=O) groups excluding carboxylic acids is 1. The van der Waals surface area contributed by atoms with Gasteiger partial charge in [0, 0.05) is 18.6 Å². The summed E-state index contributed by atoms with van der Waals surface area (Å²) in [6.45, 7) is 4.72. The molecular formula is C12H22N2O. The Hall–Kier alpha value is -0.570. The van der Waals surface area contributed by atoms with Gasteiger partial charge in [-0.1, -0.05) is 12.8 Å². The average Bonchev–Trinajstić information content (AvgIpc) is 2.85. The molecule has 86 valence electrons. The van der Waals surface area contributed by atoms with Crippen molar-refractivity contribution >= 4 is 5.91 Å². The van der Waals surface area contributed by atoms with E-state index in [1.807, 2.05) is 4.90 Å². The predicted octanol–water partition coefficient (Wildman–Crippen LogP) is 1.53. The molecule has 3 nitrogen and oxygen atoms in total. The normalized spacial score (nSPS) is 24.7. The molecule has 1 aliphatic heterocycles.